The van der Waals surface area contributed by atoms with Crippen LogP contribution < -0.4 is 10.6 Å². The zero-order valence-electron chi connectivity index (χ0n) is 13.5. The molecule has 0 aliphatic rings. The fraction of sp³-hybridized carbons (Fsp3) is 0.100. The summed E-state index contributed by atoms with van der Waals surface area (Å²) < 4.78 is 0. The summed E-state index contributed by atoms with van der Waals surface area (Å²) in [6, 6.07) is 20.4. The summed E-state index contributed by atoms with van der Waals surface area (Å²) >= 11 is 0. The van der Waals surface area contributed by atoms with Crippen LogP contribution in [0.3, 0.4) is 0 Å². The molecule has 5 heteroatoms. The van der Waals surface area contributed by atoms with Crippen molar-refractivity contribution in [2.75, 3.05) is 5.32 Å². The zero-order valence-corrected chi connectivity index (χ0v) is 13.5. The van der Waals surface area contributed by atoms with E-state index in [0.717, 1.165) is 21.9 Å². The summed E-state index contributed by atoms with van der Waals surface area (Å²) in [5.41, 5.74) is 2.09. The van der Waals surface area contributed by atoms with Crippen LogP contribution in [0.1, 0.15) is 11.1 Å². The Balaban J connectivity index is 1.67. The van der Waals surface area contributed by atoms with Gasteiger partial charge >= 0.3 is 11.8 Å². The Morgan fingerprint density at radius 3 is 2.28 bits per heavy atom. The highest BCUT2D eigenvalue weighted by atomic mass is 16.3. The van der Waals surface area contributed by atoms with Gasteiger partial charge in [-0.2, -0.15) is 0 Å². The highest BCUT2D eigenvalue weighted by Crippen LogP contribution is 2.22. The Labute approximate surface area is 145 Å². The molecule has 0 bridgehead atoms. The summed E-state index contributed by atoms with van der Waals surface area (Å²) in [6.45, 7) is 0.0623. The summed E-state index contributed by atoms with van der Waals surface area (Å²) in [5.74, 6) is -1.45. The first-order chi connectivity index (χ1) is 12.2. The van der Waals surface area contributed by atoms with Crippen LogP contribution in [0.4, 0.5) is 5.69 Å². The second-order valence-corrected chi connectivity index (χ2v) is 5.59. The molecule has 0 saturated carbocycles. The molecule has 3 N–H and O–H groups in total. The first-order valence-corrected chi connectivity index (χ1v) is 7.93. The molecule has 3 aromatic rings. The minimum atomic E-state index is -0.724. The number of hydrogen-bond acceptors (Lipinski definition) is 3. The zero-order chi connectivity index (χ0) is 17.6. The number of anilines is 1. The molecule has 3 rings (SSSR count). The van der Waals surface area contributed by atoms with Crippen molar-refractivity contribution in [3.8, 4) is 0 Å². The number of nitrogens with one attached hydrogen (secondary N) is 2. The van der Waals surface area contributed by atoms with Crippen LogP contribution in [0.2, 0.25) is 0 Å². The topological polar surface area (TPSA) is 78.4 Å². The van der Waals surface area contributed by atoms with Crippen molar-refractivity contribution >= 4 is 28.3 Å². The van der Waals surface area contributed by atoms with Gasteiger partial charge in [0.1, 0.15) is 0 Å². The van der Waals surface area contributed by atoms with Gasteiger partial charge in [0.15, 0.2) is 0 Å². The Hall–Kier alpha value is -3.18. The van der Waals surface area contributed by atoms with Crippen molar-refractivity contribution in [3.05, 3.63) is 77.9 Å². The van der Waals surface area contributed by atoms with Crippen molar-refractivity contribution in [3.63, 3.8) is 0 Å². The Morgan fingerprint density at radius 2 is 1.48 bits per heavy atom. The number of aliphatic hydroxyl groups is 1. The van der Waals surface area contributed by atoms with Gasteiger partial charge in [-0.25, -0.2) is 0 Å². The highest BCUT2D eigenvalue weighted by Gasteiger charge is 2.15. The molecule has 0 atom stereocenters. The van der Waals surface area contributed by atoms with Crippen LogP contribution in [0.25, 0.3) is 10.8 Å². The third-order valence-electron chi connectivity index (χ3n) is 3.97. The van der Waals surface area contributed by atoms with E-state index in [2.05, 4.69) is 10.6 Å². The standard InChI is InChI=1S/C20H18N2O3/c23-13-16-8-2-1-7-15(16)12-21-19(24)20(25)22-18-11-5-9-14-6-3-4-10-17(14)18/h1-11,23H,12-13H2,(H,21,24)(H,22,25). The lowest BCUT2D eigenvalue weighted by molar-refractivity contribution is -0.136. The van der Waals surface area contributed by atoms with Gasteiger partial charge in [0, 0.05) is 17.6 Å². The Bertz CT molecular complexity index is 916. The first-order valence-electron chi connectivity index (χ1n) is 7.93. The number of carbonyl (C=O) groups excluding carboxylic acids is 2. The van der Waals surface area contributed by atoms with Gasteiger partial charge in [0.25, 0.3) is 0 Å². The average molecular weight is 334 g/mol. The van der Waals surface area contributed by atoms with Crippen LogP contribution in [-0.4, -0.2) is 16.9 Å². The van der Waals surface area contributed by atoms with Gasteiger partial charge in [0.05, 0.1) is 6.61 Å². The summed E-state index contributed by atoms with van der Waals surface area (Å²) in [5, 5.41) is 16.4. The lowest BCUT2D eigenvalue weighted by Crippen LogP contribution is -2.35. The largest absolute Gasteiger partial charge is 0.392 e. The second-order valence-electron chi connectivity index (χ2n) is 5.59. The van der Waals surface area contributed by atoms with Crippen molar-refractivity contribution in [2.24, 2.45) is 0 Å². The van der Waals surface area contributed by atoms with E-state index >= 15 is 0 Å². The monoisotopic (exact) mass is 334 g/mol. The van der Waals surface area contributed by atoms with Crippen LogP contribution in [0, 0.1) is 0 Å². The fourth-order valence-electron chi connectivity index (χ4n) is 2.65. The van der Waals surface area contributed by atoms with Crippen LogP contribution in [-0.2, 0) is 22.7 Å². The quantitative estimate of drug-likeness (QED) is 0.642. The third kappa shape index (κ3) is 3.84. The van der Waals surface area contributed by atoms with E-state index < -0.39 is 11.8 Å². The molecule has 0 spiro atoms. The summed E-state index contributed by atoms with van der Waals surface area (Å²) in [6.07, 6.45) is 0. The predicted octanol–water partition coefficient (Wildman–Crippen LogP) is 2.59. The number of hydrogen-bond donors (Lipinski definition) is 3. The van der Waals surface area contributed by atoms with E-state index in [4.69, 9.17) is 0 Å². The molecule has 0 aliphatic carbocycles. The molecule has 126 valence electrons. The SMILES string of the molecule is O=C(NCc1ccccc1CO)C(=O)Nc1cccc2ccccc12. The molecule has 0 radical (unpaired) electrons. The van der Waals surface area contributed by atoms with E-state index in [-0.39, 0.29) is 13.2 Å². The van der Waals surface area contributed by atoms with E-state index in [1.165, 1.54) is 0 Å². The van der Waals surface area contributed by atoms with Gasteiger partial charge in [-0.1, -0.05) is 60.7 Å². The number of benzene rings is 3. The number of aliphatic hydroxyl groups excluding tert-OH is 1. The van der Waals surface area contributed by atoms with E-state index in [1.807, 2.05) is 48.5 Å². The molecule has 25 heavy (non-hydrogen) atoms. The number of amides is 2. The number of carbonyl (C=O) groups is 2. The molecule has 0 aromatic heterocycles. The predicted molar refractivity (Wildman–Crippen MR) is 96.8 cm³/mol. The van der Waals surface area contributed by atoms with Gasteiger partial charge < -0.3 is 15.7 Å². The molecule has 5 nitrogen and oxygen atoms in total. The van der Waals surface area contributed by atoms with Crippen LogP contribution in [0.5, 0.6) is 0 Å². The fourth-order valence-corrected chi connectivity index (χ4v) is 2.65. The molecule has 0 fully saturated rings. The van der Waals surface area contributed by atoms with Crippen molar-refractivity contribution in [1.29, 1.82) is 0 Å². The molecule has 0 unspecified atom stereocenters. The first kappa shape index (κ1) is 16.7. The van der Waals surface area contributed by atoms with Crippen molar-refractivity contribution < 1.29 is 14.7 Å². The van der Waals surface area contributed by atoms with E-state index in [1.54, 1.807) is 18.2 Å². The van der Waals surface area contributed by atoms with E-state index in [9.17, 15) is 14.7 Å². The lowest BCUT2D eigenvalue weighted by Gasteiger charge is -2.10. The smallest absolute Gasteiger partial charge is 0.313 e. The van der Waals surface area contributed by atoms with Gasteiger partial charge in [-0.3, -0.25) is 9.59 Å². The van der Waals surface area contributed by atoms with Gasteiger partial charge in [-0.05, 0) is 22.6 Å². The lowest BCUT2D eigenvalue weighted by atomic mass is 10.1. The molecule has 0 saturated heterocycles. The molecule has 0 aliphatic heterocycles. The molecular weight excluding hydrogens is 316 g/mol. The van der Waals surface area contributed by atoms with Crippen molar-refractivity contribution in [1.82, 2.24) is 5.32 Å². The van der Waals surface area contributed by atoms with Gasteiger partial charge in [-0.15, -0.1) is 0 Å². The summed E-state index contributed by atoms with van der Waals surface area (Å²) in [4.78, 5) is 24.2. The maximum Gasteiger partial charge on any atom is 0.313 e. The molecule has 3 aromatic carbocycles. The maximum atomic E-state index is 12.2. The average Bonchev–Trinajstić information content (AvgIpc) is 2.66. The molecule has 2 amide bonds. The van der Waals surface area contributed by atoms with Crippen molar-refractivity contribution in [2.45, 2.75) is 13.2 Å². The Morgan fingerprint density at radius 1 is 0.800 bits per heavy atom. The normalized spacial score (nSPS) is 10.4. The van der Waals surface area contributed by atoms with Crippen LogP contribution >= 0.6 is 0 Å². The summed E-state index contributed by atoms with van der Waals surface area (Å²) in [7, 11) is 0. The Kier molecular flexibility index (Phi) is 5.06. The minimum Gasteiger partial charge on any atom is -0.392 e. The van der Waals surface area contributed by atoms with Gasteiger partial charge in [0.2, 0.25) is 0 Å². The molecule has 0 heterocycles. The number of fused-ring (bicyclic) bond motifs is 1. The van der Waals surface area contributed by atoms with Crippen LogP contribution in [0.15, 0.2) is 66.7 Å². The maximum absolute atomic E-state index is 12.2. The highest BCUT2D eigenvalue weighted by molar-refractivity contribution is 6.40. The minimum absolute atomic E-state index is 0.117. The molecular formula is C20H18N2O3. The number of rotatable bonds is 4. The van der Waals surface area contributed by atoms with E-state index in [0.29, 0.717) is 5.69 Å². The third-order valence-corrected chi connectivity index (χ3v) is 3.97. The second kappa shape index (κ2) is 7.59.